The molecule has 3 heterocycles. The molecule has 4 rings (SSSR count). The molecule has 1 aliphatic rings. The van der Waals surface area contributed by atoms with Crippen LogP contribution in [0.5, 0.6) is 0 Å². The number of carbonyl (C=O) groups is 2. The van der Waals surface area contributed by atoms with E-state index in [1.165, 1.54) is 44.8 Å². The van der Waals surface area contributed by atoms with Crippen LogP contribution >= 0.6 is 0 Å². The highest BCUT2D eigenvalue weighted by atomic mass is 16.2. The highest BCUT2D eigenvalue weighted by molar-refractivity contribution is 5.93. The Morgan fingerprint density at radius 1 is 0.946 bits per heavy atom. The number of carbonyl (C=O) groups excluding carboxylic acids is 2. The third-order valence-electron chi connectivity index (χ3n) is 6.86. The standard InChI is InChI=1S/C23H27N3O2.C8H17N/c1-16(2)12-19(18-8-5-4-6-9-18)14-24-23(28)21-10-7-11-22-25-20(13-17(3)27)15-26(21)22;1-8(2)9-6-4-3-5-7-9/h4-11,15-16,19H,12-14H2,1-3H3,(H,24,28);8H,3-7H2,1-2H3. The molecule has 37 heavy (non-hydrogen) atoms. The Morgan fingerprint density at radius 3 is 2.24 bits per heavy atom. The van der Waals surface area contributed by atoms with Crippen LogP contribution in [0.1, 0.15) is 88.0 Å². The minimum absolute atomic E-state index is 0.0498. The van der Waals surface area contributed by atoms with Gasteiger partial charge in [-0.15, -0.1) is 0 Å². The van der Waals surface area contributed by atoms with E-state index in [1.807, 2.05) is 30.3 Å². The molecule has 0 spiro atoms. The first-order valence-electron chi connectivity index (χ1n) is 13.8. The lowest BCUT2D eigenvalue weighted by Crippen LogP contribution is -2.35. The second kappa shape index (κ2) is 14.1. The molecule has 200 valence electrons. The molecule has 1 aromatic carbocycles. The molecule has 6 heteroatoms. The maximum atomic E-state index is 12.9. The van der Waals surface area contributed by atoms with Crippen molar-refractivity contribution in [2.45, 2.75) is 78.7 Å². The Kier molecular flexibility index (Phi) is 10.9. The number of piperidine rings is 1. The lowest BCUT2D eigenvalue weighted by molar-refractivity contribution is -0.116. The van der Waals surface area contributed by atoms with Gasteiger partial charge in [0.2, 0.25) is 0 Å². The molecule has 6 nitrogen and oxygen atoms in total. The van der Waals surface area contributed by atoms with Crippen molar-refractivity contribution in [1.29, 1.82) is 0 Å². The van der Waals surface area contributed by atoms with E-state index in [-0.39, 0.29) is 24.0 Å². The van der Waals surface area contributed by atoms with Gasteiger partial charge < -0.3 is 10.2 Å². The van der Waals surface area contributed by atoms with Gasteiger partial charge in [0.25, 0.3) is 5.91 Å². The number of ketones is 1. The van der Waals surface area contributed by atoms with Crippen molar-refractivity contribution in [3.05, 3.63) is 71.7 Å². The summed E-state index contributed by atoms with van der Waals surface area (Å²) >= 11 is 0. The van der Waals surface area contributed by atoms with Gasteiger partial charge in [-0.25, -0.2) is 4.98 Å². The highest BCUT2D eigenvalue weighted by Gasteiger charge is 2.17. The van der Waals surface area contributed by atoms with E-state index in [1.54, 1.807) is 16.7 Å². The van der Waals surface area contributed by atoms with Crippen molar-refractivity contribution in [1.82, 2.24) is 19.6 Å². The zero-order chi connectivity index (χ0) is 26.8. The number of Topliss-reactive ketones (excluding diaryl/α,β-unsaturated/α-hetero) is 1. The minimum Gasteiger partial charge on any atom is -0.350 e. The summed E-state index contributed by atoms with van der Waals surface area (Å²) in [6.07, 6.45) is 7.32. The van der Waals surface area contributed by atoms with Crippen LogP contribution in [0.2, 0.25) is 0 Å². The number of amides is 1. The zero-order valence-corrected chi connectivity index (χ0v) is 23.2. The van der Waals surface area contributed by atoms with Crippen molar-refractivity contribution in [3.63, 3.8) is 0 Å². The molecule has 0 bridgehead atoms. The van der Waals surface area contributed by atoms with Crippen LogP contribution in [0.4, 0.5) is 0 Å². The van der Waals surface area contributed by atoms with E-state index in [0.29, 0.717) is 29.5 Å². The second-order valence-electron chi connectivity index (χ2n) is 10.9. The van der Waals surface area contributed by atoms with Gasteiger partial charge >= 0.3 is 0 Å². The summed E-state index contributed by atoms with van der Waals surface area (Å²) in [4.78, 5) is 31.3. The van der Waals surface area contributed by atoms with E-state index in [0.717, 1.165) is 12.5 Å². The third kappa shape index (κ3) is 8.81. The van der Waals surface area contributed by atoms with Crippen molar-refractivity contribution < 1.29 is 9.59 Å². The van der Waals surface area contributed by atoms with Crippen LogP contribution in [0, 0.1) is 5.92 Å². The van der Waals surface area contributed by atoms with Gasteiger partial charge in [0, 0.05) is 31.1 Å². The van der Waals surface area contributed by atoms with Crippen molar-refractivity contribution >= 4 is 17.3 Å². The second-order valence-corrected chi connectivity index (χ2v) is 10.9. The summed E-state index contributed by atoms with van der Waals surface area (Å²) in [5, 5.41) is 3.09. The summed E-state index contributed by atoms with van der Waals surface area (Å²) < 4.78 is 1.76. The molecule has 2 aromatic heterocycles. The lowest BCUT2D eigenvalue weighted by Gasteiger charge is -2.29. The Morgan fingerprint density at radius 2 is 1.65 bits per heavy atom. The molecule has 1 saturated heterocycles. The topological polar surface area (TPSA) is 66.7 Å². The molecule has 1 atom stereocenters. The van der Waals surface area contributed by atoms with Gasteiger partial charge in [0.05, 0.1) is 5.69 Å². The average molecular weight is 505 g/mol. The third-order valence-corrected chi connectivity index (χ3v) is 6.86. The number of hydrogen-bond donors (Lipinski definition) is 1. The number of aromatic nitrogens is 2. The largest absolute Gasteiger partial charge is 0.350 e. The number of hydrogen-bond acceptors (Lipinski definition) is 4. The predicted molar refractivity (Wildman–Crippen MR) is 151 cm³/mol. The number of pyridine rings is 1. The average Bonchev–Trinajstić information content (AvgIpc) is 3.29. The number of nitrogens with zero attached hydrogens (tertiary/aromatic N) is 3. The summed E-state index contributed by atoms with van der Waals surface area (Å²) in [6, 6.07) is 16.5. The minimum atomic E-state index is -0.137. The lowest BCUT2D eigenvalue weighted by atomic mass is 9.90. The molecule has 3 aromatic rings. The van der Waals surface area contributed by atoms with Crippen LogP contribution < -0.4 is 5.32 Å². The quantitative estimate of drug-likeness (QED) is 0.394. The summed E-state index contributed by atoms with van der Waals surface area (Å²) in [6.45, 7) is 13.7. The molecule has 1 amide bonds. The molecule has 0 saturated carbocycles. The SMILES string of the molecule is CC(=O)Cc1cn2c(C(=O)NCC(CC(C)C)c3ccccc3)cccc2n1.CC(C)N1CCCCC1. The summed E-state index contributed by atoms with van der Waals surface area (Å²) in [5.41, 5.74) is 3.11. The fourth-order valence-electron chi connectivity index (χ4n) is 4.96. The number of benzene rings is 1. The number of fused-ring (bicyclic) bond motifs is 1. The van der Waals surface area contributed by atoms with Gasteiger partial charge in [-0.2, -0.15) is 0 Å². The van der Waals surface area contributed by atoms with Gasteiger partial charge in [-0.3, -0.25) is 14.0 Å². The first kappa shape index (κ1) is 28.6. The van der Waals surface area contributed by atoms with Crippen LogP contribution in [-0.2, 0) is 11.2 Å². The first-order valence-corrected chi connectivity index (χ1v) is 13.8. The number of nitrogens with one attached hydrogen (secondary N) is 1. The van der Waals surface area contributed by atoms with Crippen LogP contribution in [-0.4, -0.2) is 51.7 Å². The molecule has 0 radical (unpaired) electrons. The van der Waals surface area contributed by atoms with E-state index in [4.69, 9.17) is 0 Å². The zero-order valence-electron chi connectivity index (χ0n) is 23.2. The molecular weight excluding hydrogens is 460 g/mol. The van der Waals surface area contributed by atoms with Crippen LogP contribution in [0.15, 0.2) is 54.7 Å². The van der Waals surface area contributed by atoms with Gasteiger partial charge in [0.15, 0.2) is 0 Å². The maximum Gasteiger partial charge on any atom is 0.268 e. The Hall–Kier alpha value is -2.99. The Bertz CT molecular complexity index is 1130. The number of rotatable bonds is 9. The summed E-state index contributed by atoms with van der Waals surface area (Å²) in [5.74, 6) is 0.713. The van der Waals surface area contributed by atoms with Crippen LogP contribution in [0.25, 0.3) is 5.65 Å². The Labute approximate surface area is 222 Å². The molecule has 0 aliphatic carbocycles. The van der Waals surface area contributed by atoms with Gasteiger partial charge in [-0.1, -0.05) is 56.7 Å². The molecular formula is C31H44N4O2. The van der Waals surface area contributed by atoms with Crippen molar-refractivity contribution in [2.24, 2.45) is 5.92 Å². The fourth-order valence-corrected chi connectivity index (χ4v) is 4.96. The predicted octanol–water partition coefficient (Wildman–Crippen LogP) is 5.91. The van der Waals surface area contributed by atoms with Crippen LogP contribution in [0.3, 0.4) is 0 Å². The van der Waals surface area contributed by atoms with E-state index < -0.39 is 0 Å². The van der Waals surface area contributed by atoms with Gasteiger partial charge in [0.1, 0.15) is 17.1 Å². The normalized spacial score (nSPS) is 14.9. The van der Waals surface area contributed by atoms with Gasteiger partial charge in [-0.05, 0) is 76.7 Å². The monoisotopic (exact) mass is 504 g/mol. The molecule has 1 unspecified atom stereocenters. The van der Waals surface area contributed by atoms with Crippen molar-refractivity contribution in [3.8, 4) is 0 Å². The molecule has 1 aliphatic heterocycles. The summed E-state index contributed by atoms with van der Waals surface area (Å²) in [7, 11) is 0. The molecule has 1 N–H and O–H groups in total. The van der Waals surface area contributed by atoms with E-state index >= 15 is 0 Å². The number of likely N-dealkylation sites (tertiary alicyclic amines) is 1. The fraction of sp³-hybridized carbons (Fsp3) is 0.516. The highest BCUT2D eigenvalue weighted by Crippen LogP contribution is 2.23. The van der Waals surface area contributed by atoms with Crippen molar-refractivity contribution in [2.75, 3.05) is 19.6 Å². The van der Waals surface area contributed by atoms with E-state index in [9.17, 15) is 9.59 Å². The van der Waals surface area contributed by atoms with E-state index in [2.05, 4.69) is 55.0 Å². The first-order chi connectivity index (χ1) is 17.7. The Balaban J connectivity index is 0.000000356. The smallest absolute Gasteiger partial charge is 0.268 e. The molecule has 1 fully saturated rings. The maximum absolute atomic E-state index is 12.9. The number of imidazole rings is 1.